The highest BCUT2D eigenvalue weighted by Gasteiger charge is 2.83. The molecule has 8 heteroatoms. The summed E-state index contributed by atoms with van der Waals surface area (Å²) in [6.07, 6.45) is 18.9. The SMILES string of the molecule is F[B-](F)(F)F.c1ccc(N2CCN3c4ccccc4[P+](C45CC6CC(CC(C6)C4)C5)(C45CC6CC(CC(C6)C4)C5)[C@@H]23)cc1. The summed E-state index contributed by atoms with van der Waals surface area (Å²) in [7, 11) is -7.61. The Morgan fingerprint density at radius 2 is 0.953 bits per heavy atom. The van der Waals surface area contributed by atoms with Gasteiger partial charge in [-0.3, -0.25) is 0 Å². The van der Waals surface area contributed by atoms with Gasteiger partial charge in [0, 0.05) is 18.8 Å². The van der Waals surface area contributed by atoms with Crippen LogP contribution in [0.15, 0.2) is 54.6 Å². The third-order valence-electron chi connectivity index (χ3n) is 13.7. The van der Waals surface area contributed by atoms with Crippen molar-refractivity contribution in [3.63, 3.8) is 0 Å². The fourth-order valence-corrected chi connectivity index (χ4v) is 22.5. The summed E-state index contributed by atoms with van der Waals surface area (Å²) < 4.78 is 39.0. The van der Waals surface area contributed by atoms with E-state index in [4.69, 9.17) is 0 Å². The minimum absolute atomic E-state index is 0.598. The maximum absolute atomic E-state index is 9.75. The van der Waals surface area contributed by atoms with Gasteiger partial charge in [0.15, 0.2) is 0 Å². The molecule has 230 valence electrons. The second-order valence-corrected chi connectivity index (χ2v) is 20.3. The number of nitrogens with zero attached hydrogens (tertiary/aromatic N) is 2. The molecule has 2 aliphatic heterocycles. The van der Waals surface area contributed by atoms with Gasteiger partial charge in [-0.1, -0.05) is 30.3 Å². The first kappa shape index (κ1) is 27.6. The van der Waals surface area contributed by atoms with Crippen LogP contribution in [0.1, 0.15) is 77.0 Å². The summed E-state index contributed by atoms with van der Waals surface area (Å²) in [6, 6.07) is 21.8. The molecule has 0 aromatic heterocycles. The van der Waals surface area contributed by atoms with E-state index in [0.717, 1.165) is 35.5 Å². The molecule has 0 spiro atoms. The van der Waals surface area contributed by atoms with Crippen LogP contribution < -0.4 is 15.1 Å². The Bertz CT molecular complexity index is 1280. The number of hydrogen-bond donors (Lipinski definition) is 0. The fourth-order valence-electron chi connectivity index (χ4n) is 13.8. The van der Waals surface area contributed by atoms with Gasteiger partial charge in [-0.2, -0.15) is 0 Å². The molecule has 43 heavy (non-hydrogen) atoms. The average molecular weight is 611 g/mol. The fraction of sp³-hybridized carbons (Fsp3) is 0.657. The molecule has 0 unspecified atom stereocenters. The van der Waals surface area contributed by atoms with Crippen molar-refractivity contribution < 1.29 is 17.3 Å². The highest BCUT2D eigenvalue weighted by Crippen LogP contribution is 2.93. The van der Waals surface area contributed by atoms with E-state index in [-0.39, 0.29) is 0 Å². The van der Waals surface area contributed by atoms with Gasteiger partial charge in [-0.05, 0) is 137 Å². The molecule has 8 bridgehead atoms. The molecular formula is C35H44BF4N2P. The van der Waals surface area contributed by atoms with Crippen LogP contribution in [0.25, 0.3) is 0 Å². The number of halogens is 4. The largest absolute Gasteiger partial charge is 0.673 e. The van der Waals surface area contributed by atoms with Crippen LogP contribution in [0.2, 0.25) is 0 Å². The Morgan fingerprint density at radius 3 is 1.42 bits per heavy atom. The van der Waals surface area contributed by atoms with Crippen LogP contribution in [0, 0.1) is 35.5 Å². The third-order valence-corrected chi connectivity index (χ3v) is 20.1. The molecule has 1 saturated heterocycles. The van der Waals surface area contributed by atoms with E-state index in [1.165, 1.54) is 18.8 Å². The van der Waals surface area contributed by atoms with Gasteiger partial charge < -0.3 is 27.1 Å². The van der Waals surface area contributed by atoms with Crippen LogP contribution in [-0.2, 0) is 0 Å². The molecule has 8 aliphatic carbocycles. The van der Waals surface area contributed by atoms with Crippen molar-refractivity contribution in [2.75, 3.05) is 22.9 Å². The zero-order valence-corrected chi connectivity index (χ0v) is 26.0. The van der Waals surface area contributed by atoms with E-state index >= 15 is 0 Å². The predicted octanol–water partition coefficient (Wildman–Crippen LogP) is 9.19. The molecule has 2 aromatic carbocycles. The number of para-hydroxylation sites is 2. The molecule has 0 radical (unpaired) electrons. The lowest BCUT2D eigenvalue weighted by atomic mass is 9.55. The Labute approximate surface area is 254 Å². The summed E-state index contributed by atoms with van der Waals surface area (Å²) in [5.74, 6) is 6.79. The third kappa shape index (κ3) is 3.94. The topological polar surface area (TPSA) is 6.48 Å². The maximum Gasteiger partial charge on any atom is 0.673 e. The highest BCUT2D eigenvalue weighted by atomic mass is 31.2. The van der Waals surface area contributed by atoms with Crippen LogP contribution in [-0.4, -0.2) is 36.6 Å². The van der Waals surface area contributed by atoms with E-state index in [1.807, 2.05) is 5.30 Å². The van der Waals surface area contributed by atoms with Crippen molar-refractivity contribution in [2.24, 2.45) is 35.5 Å². The number of anilines is 2. The normalized spacial score (nSPS) is 44.8. The molecule has 10 aliphatic rings. The second kappa shape index (κ2) is 9.40. The lowest BCUT2D eigenvalue weighted by Crippen LogP contribution is -2.65. The van der Waals surface area contributed by atoms with E-state index < -0.39 is 14.5 Å². The first-order valence-electron chi connectivity index (χ1n) is 17.1. The lowest BCUT2D eigenvalue weighted by molar-refractivity contribution is 0.0162. The number of rotatable bonds is 3. The summed E-state index contributed by atoms with van der Waals surface area (Å²) in [5.41, 5.74) is 3.18. The van der Waals surface area contributed by atoms with Crippen LogP contribution in [0.4, 0.5) is 28.6 Å². The lowest BCUT2D eigenvalue weighted by Gasteiger charge is -2.68. The Morgan fingerprint density at radius 1 is 0.558 bits per heavy atom. The van der Waals surface area contributed by atoms with Crippen molar-refractivity contribution in [2.45, 2.75) is 93.3 Å². The van der Waals surface area contributed by atoms with Crippen LogP contribution >= 0.6 is 7.26 Å². The van der Waals surface area contributed by atoms with Gasteiger partial charge in [0.25, 0.3) is 0 Å². The number of hydrogen-bond acceptors (Lipinski definition) is 2. The molecule has 2 aromatic rings. The molecule has 2 heterocycles. The van der Waals surface area contributed by atoms with Crippen LogP contribution in [0.3, 0.4) is 0 Å². The monoisotopic (exact) mass is 610 g/mol. The van der Waals surface area contributed by atoms with Gasteiger partial charge in [-0.25, -0.2) is 0 Å². The molecule has 9 fully saturated rings. The number of benzene rings is 2. The quantitative estimate of drug-likeness (QED) is 0.194. The molecule has 0 amide bonds. The molecule has 1 atom stereocenters. The molecule has 12 rings (SSSR count). The summed E-state index contributed by atoms with van der Waals surface area (Å²) >= 11 is 0. The highest BCUT2D eigenvalue weighted by molar-refractivity contribution is 7.87. The van der Waals surface area contributed by atoms with Gasteiger partial charge in [0.1, 0.15) is 12.6 Å². The smallest absolute Gasteiger partial charge is 0.418 e. The zero-order chi connectivity index (χ0) is 29.2. The summed E-state index contributed by atoms with van der Waals surface area (Å²) in [4.78, 5) is 6.00. The predicted molar refractivity (Wildman–Crippen MR) is 170 cm³/mol. The second-order valence-electron chi connectivity index (χ2n) is 16.1. The Balaban J connectivity index is 0.000000485. The first-order valence-corrected chi connectivity index (χ1v) is 19.0. The van der Waals surface area contributed by atoms with Crippen molar-refractivity contribution in [3.05, 3.63) is 54.6 Å². The number of fused-ring (bicyclic) bond motifs is 3. The van der Waals surface area contributed by atoms with Crippen molar-refractivity contribution in [1.29, 1.82) is 0 Å². The van der Waals surface area contributed by atoms with E-state index in [9.17, 15) is 17.3 Å². The Kier molecular flexibility index (Phi) is 6.02. The zero-order valence-electron chi connectivity index (χ0n) is 25.1. The Hall–Kier alpha value is -1.75. The van der Waals surface area contributed by atoms with Gasteiger partial charge in [0.2, 0.25) is 5.91 Å². The van der Waals surface area contributed by atoms with Gasteiger partial charge in [-0.15, -0.1) is 0 Å². The van der Waals surface area contributed by atoms with Crippen molar-refractivity contribution >= 4 is 31.2 Å². The van der Waals surface area contributed by atoms with E-state index in [0.29, 0.717) is 16.2 Å². The van der Waals surface area contributed by atoms with Crippen molar-refractivity contribution in [3.8, 4) is 0 Å². The molecular weight excluding hydrogens is 566 g/mol. The minimum atomic E-state index is -6.00. The average Bonchev–Trinajstić information content (AvgIpc) is 3.49. The van der Waals surface area contributed by atoms with Crippen LogP contribution in [0.5, 0.6) is 0 Å². The van der Waals surface area contributed by atoms with Gasteiger partial charge >= 0.3 is 7.25 Å². The molecule has 0 N–H and O–H groups in total. The molecule has 2 nitrogen and oxygen atoms in total. The molecule has 8 saturated carbocycles. The van der Waals surface area contributed by atoms with E-state index in [2.05, 4.69) is 64.4 Å². The van der Waals surface area contributed by atoms with E-state index in [1.54, 1.807) is 82.7 Å². The maximum atomic E-state index is 9.75. The summed E-state index contributed by atoms with van der Waals surface area (Å²) in [6.45, 7) is 2.43. The summed E-state index contributed by atoms with van der Waals surface area (Å²) in [5, 5.41) is 3.12. The minimum Gasteiger partial charge on any atom is -0.418 e. The first-order chi connectivity index (χ1) is 20.7. The standard InChI is InChI=1S/C35H44N2P.BF4/c1-2-6-30(7-3-1)36-10-11-37-31-8-4-5-9-32(31)38(33(36)37,34-18-24-12-25(19-34)14-26(13-24)20-34)35-21-27-15-28(22-35)17-29(16-27)23-35;2-1(3,4)5/h1-9,24-29,33H,10-23H2;/q+1;-1/t24?,25?,26?,27?,28?,29?,33-,34?,35?,38?;/m0./s1. The van der Waals surface area contributed by atoms with Crippen molar-refractivity contribution in [1.82, 2.24) is 0 Å². The van der Waals surface area contributed by atoms with Gasteiger partial charge in [0.05, 0.1) is 16.0 Å².